The number of halogens is 6. The monoisotopic (exact) mass is 335 g/mol. The number of rotatable bonds is 3. The Kier molecular flexibility index (Phi) is 4.09. The number of pyridine rings is 1. The van der Waals surface area contributed by atoms with E-state index in [1.807, 2.05) is 0 Å². The zero-order valence-corrected chi connectivity index (χ0v) is 9.72. The predicted molar refractivity (Wildman–Crippen MR) is 50.5 cm³/mol. The molecule has 0 aromatic carbocycles. The predicted octanol–water partition coefficient (Wildman–Crippen LogP) is 3.38. The number of carbonyl (C=O) groups is 1. The Hall–Kier alpha value is -1.45. The molecular formula is C8H3BrF5NO3. The van der Waals surface area contributed by atoms with Gasteiger partial charge in [-0.2, -0.15) is 0 Å². The summed E-state index contributed by atoms with van der Waals surface area (Å²) in [5.74, 6) is -3.01. The molecule has 0 aliphatic carbocycles. The van der Waals surface area contributed by atoms with Crippen LogP contribution in [0.15, 0.2) is 10.7 Å². The van der Waals surface area contributed by atoms with Gasteiger partial charge in [-0.1, -0.05) is 0 Å². The molecule has 0 aliphatic heterocycles. The second kappa shape index (κ2) is 5.04. The maximum absolute atomic E-state index is 12.5. The Morgan fingerprint density at radius 1 is 1.44 bits per heavy atom. The molecule has 0 amide bonds. The molecule has 1 aromatic rings. The molecule has 0 spiro atoms. The van der Waals surface area contributed by atoms with Gasteiger partial charge in [0.05, 0.1) is 11.1 Å². The normalized spacial score (nSPS) is 11.7. The molecule has 0 radical (unpaired) electrons. The van der Waals surface area contributed by atoms with Gasteiger partial charge in [0.1, 0.15) is 4.60 Å². The molecule has 10 heteroatoms. The van der Waals surface area contributed by atoms with Gasteiger partial charge < -0.3 is 9.84 Å². The highest BCUT2D eigenvalue weighted by Gasteiger charge is 2.35. The van der Waals surface area contributed by atoms with E-state index in [-0.39, 0.29) is 0 Å². The van der Waals surface area contributed by atoms with Crippen LogP contribution in [0.5, 0.6) is 5.88 Å². The van der Waals surface area contributed by atoms with Gasteiger partial charge in [0.15, 0.2) is 0 Å². The Balaban J connectivity index is 3.34. The fourth-order valence-corrected chi connectivity index (χ4v) is 1.43. The first-order valence-electron chi connectivity index (χ1n) is 4.09. The van der Waals surface area contributed by atoms with Crippen molar-refractivity contribution in [1.82, 2.24) is 4.98 Å². The summed E-state index contributed by atoms with van der Waals surface area (Å²) in [5, 5.41) is 8.62. The number of aromatic nitrogens is 1. The van der Waals surface area contributed by atoms with E-state index in [1.54, 1.807) is 0 Å². The minimum Gasteiger partial charge on any atom is -0.478 e. The number of carboxylic acids is 1. The first kappa shape index (κ1) is 14.6. The minimum atomic E-state index is -5.21. The molecule has 0 bridgehead atoms. The van der Waals surface area contributed by atoms with E-state index < -0.39 is 40.4 Å². The van der Waals surface area contributed by atoms with Crippen LogP contribution in [0.3, 0.4) is 0 Å². The Morgan fingerprint density at radius 3 is 2.39 bits per heavy atom. The Bertz CT molecular complexity index is 477. The number of alkyl halides is 5. The van der Waals surface area contributed by atoms with Crippen LogP contribution in [0.1, 0.15) is 22.3 Å². The van der Waals surface area contributed by atoms with Crippen molar-refractivity contribution in [3.63, 3.8) is 0 Å². The van der Waals surface area contributed by atoms with Crippen molar-refractivity contribution in [3.05, 3.63) is 21.8 Å². The lowest BCUT2D eigenvalue weighted by atomic mass is 10.2. The fourth-order valence-electron chi connectivity index (χ4n) is 0.988. The number of carboxylic acid groups (broad SMARTS) is 1. The summed E-state index contributed by atoms with van der Waals surface area (Å²) in [6, 6.07) is 0.366. The Morgan fingerprint density at radius 2 is 2.00 bits per heavy atom. The summed E-state index contributed by atoms with van der Waals surface area (Å²) >= 11 is 2.55. The third-order valence-corrected chi connectivity index (χ3v) is 2.25. The molecule has 100 valence electrons. The molecule has 0 unspecified atom stereocenters. The van der Waals surface area contributed by atoms with Crippen LogP contribution < -0.4 is 4.74 Å². The smallest absolute Gasteiger partial charge is 0.478 e. The number of ether oxygens (including phenoxy) is 1. The van der Waals surface area contributed by atoms with Crippen LogP contribution in [0.2, 0.25) is 0 Å². The van der Waals surface area contributed by atoms with E-state index in [9.17, 15) is 26.7 Å². The minimum absolute atomic E-state index is 0.366. The van der Waals surface area contributed by atoms with E-state index >= 15 is 0 Å². The van der Waals surface area contributed by atoms with Gasteiger partial charge in [-0.15, -0.1) is 13.2 Å². The molecule has 1 N–H and O–H groups in total. The maximum Gasteiger partial charge on any atom is 0.574 e. The van der Waals surface area contributed by atoms with Crippen LogP contribution >= 0.6 is 15.9 Å². The van der Waals surface area contributed by atoms with Gasteiger partial charge in [-0.3, -0.25) is 0 Å². The molecule has 1 rings (SSSR count). The summed E-state index contributed by atoms with van der Waals surface area (Å²) in [7, 11) is 0. The van der Waals surface area contributed by atoms with Crippen molar-refractivity contribution in [1.29, 1.82) is 0 Å². The van der Waals surface area contributed by atoms with Gasteiger partial charge in [-0.25, -0.2) is 18.6 Å². The van der Waals surface area contributed by atoms with Crippen molar-refractivity contribution in [2.45, 2.75) is 12.8 Å². The van der Waals surface area contributed by atoms with E-state index in [1.165, 1.54) is 0 Å². The van der Waals surface area contributed by atoms with Crippen molar-refractivity contribution in [3.8, 4) is 5.88 Å². The SMILES string of the molecule is O=C(O)c1cc(C(F)F)c(OC(F)(F)F)nc1Br. The second-order valence-electron chi connectivity index (χ2n) is 2.87. The molecule has 0 aliphatic rings. The summed E-state index contributed by atoms with van der Waals surface area (Å²) in [4.78, 5) is 13.6. The fraction of sp³-hybridized carbons (Fsp3) is 0.250. The molecule has 4 nitrogen and oxygen atoms in total. The standard InChI is InChI=1S/C8H3BrF5NO3/c9-4-2(7(16)17)1-3(5(10)11)6(15-4)18-8(12,13)14/h1,5H,(H,16,17). The van der Waals surface area contributed by atoms with Gasteiger partial charge >= 0.3 is 12.3 Å². The first-order chi connectivity index (χ1) is 8.11. The van der Waals surface area contributed by atoms with Crippen LogP contribution in [-0.2, 0) is 0 Å². The number of nitrogens with zero attached hydrogens (tertiary/aromatic N) is 1. The van der Waals surface area contributed by atoms with Crippen LogP contribution in [0.25, 0.3) is 0 Å². The molecular weight excluding hydrogens is 333 g/mol. The lowest BCUT2D eigenvalue weighted by Gasteiger charge is -2.13. The van der Waals surface area contributed by atoms with E-state index in [0.717, 1.165) is 0 Å². The maximum atomic E-state index is 12.5. The number of aromatic carboxylic acids is 1. The van der Waals surface area contributed by atoms with Gasteiger partial charge in [0.2, 0.25) is 5.88 Å². The van der Waals surface area contributed by atoms with Gasteiger partial charge in [-0.05, 0) is 22.0 Å². The molecule has 0 fully saturated rings. The number of hydrogen-bond acceptors (Lipinski definition) is 3. The van der Waals surface area contributed by atoms with Gasteiger partial charge in [0, 0.05) is 0 Å². The van der Waals surface area contributed by atoms with Crippen LogP contribution in [0, 0.1) is 0 Å². The largest absolute Gasteiger partial charge is 0.574 e. The first-order valence-corrected chi connectivity index (χ1v) is 4.88. The highest BCUT2D eigenvalue weighted by molar-refractivity contribution is 9.10. The van der Waals surface area contributed by atoms with Crippen molar-refractivity contribution >= 4 is 21.9 Å². The average molecular weight is 336 g/mol. The highest BCUT2D eigenvalue weighted by Crippen LogP contribution is 2.34. The average Bonchev–Trinajstić information content (AvgIpc) is 2.13. The molecule has 1 aromatic heterocycles. The van der Waals surface area contributed by atoms with Crippen molar-refractivity contribution in [2.75, 3.05) is 0 Å². The molecule has 0 saturated heterocycles. The van der Waals surface area contributed by atoms with E-state index in [2.05, 4.69) is 25.7 Å². The molecule has 0 atom stereocenters. The Labute approximate surface area is 105 Å². The summed E-state index contributed by atoms with van der Waals surface area (Å²) in [6.07, 6.45) is -8.57. The quantitative estimate of drug-likeness (QED) is 0.679. The molecule has 0 saturated carbocycles. The van der Waals surface area contributed by atoms with Gasteiger partial charge in [0.25, 0.3) is 6.43 Å². The lowest BCUT2D eigenvalue weighted by Crippen LogP contribution is -2.19. The van der Waals surface area contributed by atoms with Crippen LogP contribution in [0.4, 0.5) is 22.0 Å². The second-order valence-corrected chi connectivity index (χ2v) is 3.63. The topological polar surface area (TPSA) is 59.4 Å². The van der Waals surface area contributed by atoms with Crippen molar-refractivity contribution < 1.29 is 36.6 Å². The summed E-state index contributed by atoms with van der Waals surface area (Å²) in [6.45, 7) is 0. The third kappa shape index (κ3) is 3.52. The van der Waals surface area contributed by atoms with Crippen molar-refractivity contribution in [2.24, 2.45) is 0 Å². The molecule has 1 heterocycles. The zero-order valence-electron chi connectivity index (χ0n) is 8.13. The third-order valence-electron chi connectivity index (χ3n) is 1.65. The lowest BCUT2D eigenvalue weighted by molar-refractivity contribution is -0.276. The molecule has 18 heavy (non-hydrogen) atoms. The van der Waals surface area contributed by atoms with E-state index in [4.69, 9.17) is 5.11 Å². The van der Waals surface area contributed by atoms with Crippen LogP contribution in [-0.4, -0.2) is 22.4 Å². The number of hydrogen-bond donors (Lipinski definition) is 1. The summed E-state index contributed by atoms with van der Waals surface area (Å²) in [5.41, 5.74) is -1.95. The summed E-state index contributed by atoms with van der Waals surface area (Å²) < 4.78 is 63.5. The highest BCUT2D eigenvalue weighted by atomic mass is 79.9. The van der Waals surface area contributed by atoms with E-state index in [0.29, 0.717) is 6.07 Å². The zero-order chi connectivity index (χ0) is 14.1.